The summed E-state index contributed by atoms with van der Waals surface area (Å²) in [5.41, 5.74) is 0. The Labute approximate surface area is 105 Å². The Balaban J connectivity index is 4.04. The second-order valence-corrected chi connectivity index (χ2v) is 3.13. The van der Waals surface area contributed by atoms with Crippen molar-refractivity contribution in [1.82, 2.24) is 5.23 Å². The van der Waals surface area contributed by atoms with Crippen LogP contribution in [0.5, 0.6) is 0 Å². The Morgan fingerprint density at radius 2 is 1.62 bits per heavy atom. The molecule has 0 aromatic carbocycles. The van der Waals surface area contributed by atoms with Crippen LogP contribution in [0.3, 0.4) is 0 Å². The van der Waals surface area contributed by atoms with Gasteiger partial charge >= 0.3 is 11.9 Å². The number of carbonyl (C=O) groups excluding carboxylic acids is 2. The van der Waals surface area contributed by atoms with Crippen LogP contribution in [0.15, 0.2) is 0 Å². The van der Waals surface area contributed by atoms with Crippen LogP contribution in [0, 0.1) is 0 Å². The number of hydrogen-bond acceptors (Lipinski definition) is 8. The molecule has 0 bridgehead atoms. The fourth-order valence-electron chi connectivity index (χ4n) is 0.678. The SMILES string of the molecule is CCOCCN(OC(=O)CS)OC(=O)CS. The van der Waals surface area contributed by atoms with Gasteiger partial charge in [-0.3, -0.25) is 0 Å². The number of hydrogen-bond donors (Lipinski definition) is 2. The molecular formula is C8H15NO5S2. The molecule has 16 heavy (non-hydrogen) atoms. The van der Waals surface area contributed by atoms with E-state index in [9.17, 15) is 9.59 Å². The highest BCUT2D eigenvalue weighted by Crippen LogP contribution is 1.97. The molecule has 0 amide bonds. The van der Waals surface area contributed by atoms with Crippen molar-refractivity contribution < 1.29 is 24.0 Å². The summed E-state index contributed by atoms with van der Waals surface area (Å²) in [4.78, 5) is 31.2. The van der Waals surface area contributed by atoms with Gasteiger partial charge < -0.3 is 14.4 Å². The van der Waals surface area contributed by atoms with Crippen LogP contribution in [-0.2, 0) is 24.0 Å². The van der Waals surface area contributed by atoms with E-state index in [2.05, 4.69) is 34.9 Å². The fraction of sp³-hybridized carbons (Fsp3) is 0.750. The van der Waals surface area contributed by atoms with E-state index in [-0.39, 0.29) is 24.7 Å². The summed E-state index contributed by atoms with van der Waals surface area (Å²) in [5.74, 6) is -1.45. The summed E-state index contributed by atoms with van der Waals surface area (Å²) in [6, 6.07) is 0. The van der Waals surface area contributed by atoms with Crippen molar-refractivity contribution in [3.05, 3.63) is 0 Å². The molecule has 0 aliphatic carbocycles. The van der Waals surface area contributed by atoms with Gasteiger partial charge in [-0.05, 0) is 6.92 Å². The molecule has 0 saturated heterocycles. The molecule has 0 aromatic rings. The van der Waals surface area contributed by atoms with E-state index >= 15 is 0 Å². The molecule has 6 nitrogen and oxygen atoms in total. The zero-order valence-electron chi connectivity index (χ0n) is 8.92. The smallest absolute Gasteiger partial charge is 0.338 e. The molecule has 0 aromatic heterocycles. The Morgan fingerprint density at radius 1 is 1.12 bits per heavy atom. The van der Waals surface area contributed by atoms with Crippen LogP contribution in [0.4, 0.5) is 0 Å². The first-order valence-corrected chi connectivity index (χ1v) is 5.89. The number of ether oxygens (including phenoxy) is 1. The van der Waals surface area contributed by atoms with Gasteiger partial charge in [-0.25, -0.2) is 9.59 Å². The van der Waals surface area contributed by atoms with Gasteiger partial charge in [-0.15, -0.1) is 0 Å². The van der Waals surface area contributed by atoms with Gasteiger partial charge in [0.2, 0.25) is 0 Å². The predicted octanol–water partition coefficient (Wildman–Crippen LogP) is 0.101. The maximum atomic E-state index is 10.9. The fourth-order valence-corrected chi connectivity index (χ4v) is 0.794. The van der Waals surface area contributed by atoms with Gasteiger partial charge in [0.05, 0.1) is 24.7 Å². The van der Waals surface area contributed by atoms with Gasteiger partial charge in [0.15, 0.2) is 0 Å². The second-order valence-electron chi connectivity index (χ2n) is 2.50. The summed E-state index contributed by atoms with van der Waals surface area (Å²) < 4.78 is 5.03. The lowest BCUT2D eigenvalue weighted by atomic mass is 10.7. The largest absolute Gasteiger partial charge is 0.380 e. The third-order valence-electron chi connectivity index (χ3n) is 1.29. The van der Waals surface area contributed by atoms with Crippen LogP contribution in [-0.4, -0.2) is 48.4 Å². The van der Waals surface area contributed by atoms with Crippen molar-refractivity contribution in [3.8, 4) is 0 Å². The van der Waals surface area contributed by atoms with Crippen molar-refractivity contribution in [3.63, 3.8) is 0 Å². The number of hydroxylamine groups is 2. The summed E-state index contributed by atoms with van der Waals surface area (Å²) in [5, 5.41) is 0.771. The van der Waals surface area contributed by atoms with Gasteiger partial charge in [-0.1, -0.05) is 0 Å². The van der Waals surface area contributed by atoms with E-state index in [1.165, 1.54) is 0 Å². The molecular weight excluding hydrogens is 254 g/mol. The van der Waals surface area contributed by atoms with Crippen LogP contribution >= 0.6 is 25.3 Å². The highest BCUT2D eigenvalue weighted by molar-refractivity contribution is 7.81. The van der Waals surface area contributed by atoms with Gasteiger partial charge in [0.25, 0.3) is 0 Å². The van der Waals surface area contributed by atoms with Crippen LogP contribution in [0.25, 0.3) is 0 Å². The lowest BCUT2D eigenvalue weighted by molar-refractivity contribution is -0.325. The molecule has 0 spiro atoms. The summed E-state index contributed by atoms with van der Waals surface area (Å²) in [6.45, 7) is 2.75. The molecule has 0 unspecified atom stereocenters. The highest BCUT2D eigenvalue weighted by Gasteiger charge is 2.15. The van der Waals surface area contributed by atoms with Crippen molar-refractivity contribution in [2.45, 2.75) is 6.92 Å². The Hall–Kier alpha value is -0.440. The monoisotopic (exact) mass is 269 g/mol. The second kappa shape index (κ2) is 9.76. The Morgan fingerprint density at radius 3 is 2.00 bits per heavy atom. The van der Waals surface area contributed by atoms with Crippen LogP contribution in [0.1, 0.15) is 6.92 Å². The Kier molecular flexibility index (Phi) is 9.49. The Bertz CT molecular complexity index is 208. The summed E-state index contributed by atoms with van der Waals surface area (Å²) in [6.07, 6.45) is 0. The molecule has 0 atom stereocenters. The highest BCUT2D eigenvalue weighted by atomic mass is 32.1. The molecule has 0 fully saturated rings. The van der Waals surface area contributed by atoms with E-state index in [1.807, 2.05) is 6.92 Å². The van der Waals surface area contributed by atoms with E-state index in [0.717, 1.165) is 5.23 Å². The molecule has 0 N–H and O–H groups in total. The molecule has 0 rings (SSSR count). The molecule has 0 radical (unpaired) electrons. The molecule has 0 heterocycles. The maximum Gasteiger partial charge on any atom is 0.338 e. The third-order valence-corrected chi connectivity index (χ3v) is 1.80. The minimum Gasteiger partial charge on any atom is -0.380 e. The van der Waals surface area contributed by atoms with Gasteiger partial charge in [-0.2, -0.15) is 25.3 Å². The minimum absolute atomic E-state index is 0.108. The molecule has 0 aliphatic rings. The van der Waals surface area contributed by atoms with Crippen molar-refractivity contribution in [2.24, 2.45) is 0 Å². The average molecular weight is 269 g/mol. The molecule has 94 valence electrons. The van der Waals surface area contributed by atoms with E-state index < -0.39 is 11.9 Å². The zero-order valence-corrected chi connectivity index (χ0v) is 10.7. The van der Waals surface area contributed by atoms with E-state index in [4.69, 9.17) is 4.74 Å². The van der Waals surface area contributed by atoms with E-state index in [0.29, 0.717) is 6.61 Å². The predicted molar refractivity (Wildman–Crippen MR) is 63.1 cm³/mol. The zero-order chi connectivity index (χ0) is 12.4. The average Bonchev–Trinajstić information content (AvgIpc) is 2.28. The lowest BCUT2D eigenvalue weighted by Crippen LogP contribution is -2.34. The van der Waals surface area contributed by atoms with E-state index in [1.54, 1.807) is 0 Å². The summed E-state index contributed by atoms with van der Waals surface area (Å²) in [7, 11) is 0. The topological polar surface area (TPSA) is 65.1 Å². The van der Waals surface area contributed by atoms with Crippen molar-refractivity contribution in [2.75, 3.05) is 31.3 Å². The number of nitrogens with zero attached hydrogens (tertiary/aromatic N) is 1. The van der Waals surface area contributed by atoms with Crippen LogP contribution in [0.2, 0.25) is 0 Å². The minimum atomic E-state index is -0.619. The summed E-state index contributed by atoms with van der Waals surface area (Å²) >= 11 is 7.45. The first-order valence-electron chi connectivity index (χ1n) is 4.62. The first kappa shape index (κ1) is 15.6. The normalized spacial score (nSPS) is 10.2. The quantitative estimate of drug-likeness (QED) is 0.370. The first-order chi connectivity index (χ1) is 7.63. The van der Waals surface area contributed by atoms with Crippen molar-refractivity contribution in [1.29, 1.82) is 0 Å². The van der Waals surface area contributed by atoms with Crippen LogP contribution < -0.4 is 0 Å². The number of thiol groups is 2. The van der Waals surface area contributed by atoms with Crippen molar-refractivity contribution >= 4 is 37.2 Å². The molecule has 0 saturated carbocycles. The number of carbonyl (C=O) groups is 2. The van der Waals surface area contributed by atoms with Gasteiger partial charge in [0.1, 0.15) is 0 Å². The third kappa shape index (κ3) is 7.80. The van der Waals surface area contributed by atoms with Gasteiger partial charge in [0, 0.05) is 11.8 Å². The number of rotatable bonds is 8. The molecule has 8 heteroatoms. The maximum absolute atomic E-state index is 10.9. The lowest BCUT2D eigenvalue weighted by Gasteiger charge is -2.18. The molecule has 0 aliphatic heterocycles. The standard InChI is InChI=1S/C8H15NO5S2/c1-2-12-4-3-9(13-7(10)5-15)14-8(11)6-16/h15-16H,2-6H2,1H3.